The fourth-order valence-corrected chi connectivity index (χ4v) is 2.36. The minimum Gasteiger partial charge on any atom is -0.317 e. The smallest absolute Gasteiger partial charge is 0.0572 e. The van der Waals surface area contributed by atoms with Gasteiger partial charge in [0.2, 0.25) is 0 Å². The number of hydrogen-bond acceptors (Lipinski definition) is 3. The molecular formula is C13H21N3. The maximum absolute atomic E-state index is 4.44. The van der Waals surface area contributed by atoms with Crippen LogP contribution in [-0.4, -0.2) is 36.1 Å². The van der Waals surface area contributed by atoms with Crippen molar-refractivity contribution >= 4 is 0 Å². The molecule has 1 aliphatic heterocycles. The summed E-state index contributed by atoms with van der Waals surface area (Å²) in [6, 6.07) is 7.25. The molecule has 0 spiro atoms. The molecule has 16 heavy (non-hydrogen) atoms. The van der Waals surface area contributed by atoms with Crippen LogP contribution in [0.5, 0.6) is 0 Å². The molecule has 1 atom stereocenters. The first-order valence-corrected chi connectivity index (χ1v) is 6.12. The second-order valence-electron chi connectivity index (χ2n) is 4.58. The van der Waals surface area contributed by atoms with Crippen LogP contribution < -0.4 is 5.32 Å². The Morgan fingerprint density at radius 3 is 2.75 bits per heavy atom. The maximum Gasteiger partial charge on any atom is 0.0572 e. The lowest BCUT2D eigenvalue weighted by Gasteiger charge is -2.35. The summed E-state index contributed by atoms with van der Waals surface area (Å²) < 4.78 is 0. The molecule has 0 amide bonds. The van der Waals surface area contributed by atoms with E-state index in [0.29, 0.717) is 12.1 Å². The predicted octanol–water partition coefficient (Wildman–Crippen LogP) is 1.83. The zero-order valence-corrected chi connectivity index (χ0v) is 10.2. The Hall–Kier alpha value is -0.930. The van der Waals surface area contributed by atoms with Crippen LogP contribution in [0.15, 0.2) is 24.4 Å². The second kappa shape index (κ2) is 5.41. The molecule has 0 saturated carbocycles. The predicted molar refractivity (Wildman–Crippen MR) is 66.3 cm³/mol. The van der Waals surface area contributed by atoms with Crippen LogP contribution in [0, 0.1) is 0 Å². The van der Waals surface area contributed by atoms with Crippen LogP contribution in [0.25, 0.3) is 0 Å². The fourth-order valence-electron chi connectivity index (χ4n) is 2.36. The molecule has 1 N–H and O–H groups in total. The Labute approximate surface area is 97.9 Å². The van der Waals surface area contributed by atoms with Crippen molar-refractivity contribution in [2.45, 2.75) is 31.8 Å². The SMILES string of the molecule is C[C@@H](c1ccccn1)N(C)C1CCNCC1. The molecule has 2 heterocycles. The van der Waals surface area contributed by atoms with Gasteiger partial charge in [-0.3, -0.25) is 9.88 Å². The number of hydrogen-bond donors (Lipinski definition) is 1. The number of piperidine rings is 1. The maximum atomic E-state index is 4.44. The first-order chi connectivity index (χ1) is 7.79. The summed E-state index contributed by atoms with van der Waals surface area (Å²) in [5, 5.41) is 3.41. The van der Waals surface area contributed by atoms with Gasteiger partial charge in [-0.25, -0.2) is 0 Å². The third-order valence-electron chi connectivity index (χ3n) is 3.61. The van der Waals surface area contributed by atoms with Crippen molar-refractivity contribution in [2.24, 2.45) is 0 Å². The number of nitrogens with one attached hydrogen (secondary N) is 1. The lowest BCUT2D eigenvalue weighted by molar-refractivity contribution is 0.150. The van der Waals surface area contributed by atoms with Crippen molar-refractivity contribution in [3.8, 4) is 0 Å². The molecule has 2 rings (SSSR count). The summed E-state index contributed by atoms with van der Waals surface area (Å²) in [7, 11) is 2.22. The summed E-state index contributed by atoms with van der Waals surface area (Å²) in [6.07, 6.45) is 4.36. The molecule has 0 aromatic carbocycles. The summed E-state index contributed by atoms with van der Waals surface area (Å²) in [4.78, 5) is 6.90. The summed E-state index contributed by atoms with van der Waals surface area (Å²) in [5.41, 5.74) is 1.17. The van der Waals surface area contributed by atoms with E-state index in [4.69, 9.17) is 0 Å². The molecule has 1 aliphatic rings. The highest BCUT2D eigenvalue weighted by molar-refractivity contribution is 5.08. The second-order valence-corrected chi connectivity index (χ2v) is 4.58. The number of pyridine rings is 1. The fraction of sp³-hybridized carbons (Fsp3) is 0.615. The topological polar surface area (TPSA) is 28.2 Å². The van der Waals surface area contributed by atoms with Crippen molar-refractivity contribution in [3.05, 3.63) is 30.1 Å². The van der Waals surface area contributed by atoms with Gasteiger partial charge >= 0.3 is 0 Å². The zero-order valence-electron chi connectivity index (χ0n) is 10.2. The van der Waals surface area contributed by atoms with Gasteiger partial charge in [0, 0.05) is 18.3 Å². The van der Waals surface area contributed by atoms with Gasteiger partial charge in [0.1, 0.15) is 0 Å². The monoisotopic (exact) mass is 219 g/mol. The van der Waals surface area contributed by atoms with Crippen LogP contribution in [0.3, 0.4) is 0 Å². The van der Waals surface area contributed by atoms with Gasteiger partial charge in [0.05, 0.1) is 5.69 Å². The van der Waals surface area contributed by atoms with Crippen molar-refractivity contribution in [2.75, 3.05) is 20.1 Å². The molecule has 1 aromatic heterocycles. The molecule has 1 fully saturated rings. The summed E-state index contributed by atoms with van der Waals surface area (Å²) >= 11 is 0. The lowest BCUT2D eigenvalue weighted by atomic mass is 10.0. The average Bonchev–Trinajstić information content (AvgIpc) is 2.39. The van der Waals surface area contributed by atoms with E-state index >= 15 is 0 Å². The molecule has 1 saturated heterocycles. The first kappa shape index (κ1) is 11.6. The average molecular weight is 219 g/mol. The van der Waals surface area contributed by atoms with Gasteiger partial charge in [-0.15, -0.1) is 0 Å². The molecule has 3 nitrogen and oxygen atoms in total. The minimum absolute atomic E-state index is 0.407. The van der Waals surface area contributed by atoms with Crippen molar-refractivity contribution < 1.29 is 0 Å². The van der Waals surface area contributed by atoms with Crippen LogP contribution in [0.2, 0.25) is 0 Å². The van der Waals surface area contributed by atoms with E-state index < -0.39 is 0 Å². The molecule has 0 radical (unpaired) electrons. The Balaban J connectivity index is 2.00. The van der Waals surface area contributed by atoms with E-state index in [2.05, 4.69) is 41.3 Å². The quantitative estimate of drug-likeness (QED) is 0.840. The van der Waals surface area contributed by atoms with Gasteiger partial charge in [0.15, 0.2) is 0 Å². The minimum atomic E-state index is 0.407. The highest BCUT2D eigenvalue weighted by Crippen LogP contribution is 2.22. The summed E-state index contributed by atoms with van der Waals surface area (Å²) in [6.45, 7) is 4.53. The van der Waals surface area contributed by atoms with Crippen LogP contribution in [0.1, 0.15) is 31.5 Å². The molecule has 1 aromatic rings. The lowest BCUT2D eigenvalue weighted by Crippen LogP contribution is -2.42. The largest absolute Gasteiger partial charge is 0.317 e. The molecule has 0 aliphatic carbocycles. The molecular weight excluding hydrogens is 198 g/mol. The van der Waals surface area contributed by atoms with Gasteiger partial charge < -0.3 is 5.32 Å². The standard InChI is InChI=1S/C13H21N3/c1-11(13-5-3-4-8-15-13)16(2)12-6-9-14-10-7-12/h3-5,8,11-12,14H,6-7,9-10H2,1-2H3/t11-/m0/s1. The van der Waals surface area contributed by atoms with Crippen molar-refractivity contribution in [1.82, 2.24) is 15.2 Å². The van der Waals surface area contributed by atoms with E-state index in [-0.39, 0.29) is 0 Å². The van der Waals surface area contributed by atoms with E-state index in [1.807, 2.05) is 12.3 Å². The normalized spacial score (nSPS) is 19.9. The highest BCUT2D eigenvalue weighted by atomic mass is 15.2. The molecule has 3 heteroatoms. The first-order valence-electron chi connectivity index (χ1n) is 6.12. The number of rotatable bonds is 3. The van der Waals surface area contributed by atoms with E-state index in [9.17, 15) is 0 Å². The van der Waals surface area contributed by atoms with Gasteiger partial charge in [-0.1, -0.05) is 6.07 Å². The van der Waals surface area contributed by atoms with E-state index in [1.165, 1.54) is 18.5 Å². The third kappa shape index (κ3) is 2.60. The Kier molecular flexibility index (Phi) is 3.91. The van der Waals surface area contributed by atoms with Crippen LogP contribution >= 0.6 is 0 Å². The van der Waals surface area contributed by atoms with Gasteiger partial charge in [-0.05, 0) is 52.0 Å². The molecule has 0 unspecified atom stereocenters. The molecule has 0 bridgehead atoms. The van der Waals surface area contributed by atoms with Gasteiger partial charge in [-0.2, -0.15) is 0 Å². The van der Waals surface area contributed by atoms with E-state index in [0.717, 1.165) is 13.1 Å². The van der Waals surface area contributed by atoms with E-state index in [1.54, 1.807) is 0 Å². The number of nitrogens with zero attached hydrogens (tertiary/aromatic N) is 2. The van der Waals surface area contributed by atoms with Crippen molar-refractivity contribution in [1.29, 1.82) is 0 Å². The summed E-state index contributed by atoms with van der Waals surface area (Å²) in [5.74, 6) is 0. The molecule has 88 valence electrons. The Morgan fingerprint density at radius 1 is 1.38 bits per heavy atom. The highest BCUT2D eigenvalue weighted by Gasteiger charge is 2.22. The zero-order chi connectivity index (χ0) is 11.4. The Bertz CT molecular complexity index is 306. The van der Waals surface area contributed by atoms with Crippen molar-refractivity contribution in [3.63, 3.8) is 0 Å². The Morgan fingerprint density at radius 2 is 2.12 bits per heavy atom. The number of aromatic nitrogens is 1. The van der Waals surface area contributed by atoms with Crippen LogP contribution in [-0.2, 0) is 0 Å². The van der Waals surface area contributed by atoms with Gasteiger partial charge in [0.25, 0.3) is 0 Å². The third-order valence-corrected chi connectivity index (χ3v) is 3.61. The van der Waals surface area contributed by atoms with Crippen LogP contribution in [0.4, 0.5) is 0 Å².